The van der Waals surface area contributed by atoms with Crippen molar-refractivity contribution in [3.05, 3.63) is 97.8 Å². The van der Waals surface area contributed by atoms with E-state index in [2.05, 4.69) is 94.8 Å². The van der Waals surface area contributed by atoms with Crippen molar-refractivity contribution in [2.45, 2.75) is 154 Å². The molecule has 16 heteroatoms. The number of thiazole rings is 1. The average molecular weight is 1060 g/mol. The molecule has 0 spiro atoms. The number of benzene rings is 3. The summed E-state index contributed by atoms with van der Waals surface area (Å²) in [7, 11) is 0. The fraction of sp³-hybridized carbons (Fsp3) is 0.536. The number of piperidine rings is 1. The fourth-order valence-corrected chi connectivity index (χ4v) is 13.0. The van der Waals surface area contributed by atoms with Gasteiger partial charge in [0.1, 0.15) is 12.1 Å². The fourth-order valence-electron chi connectivity index (χ4n) is 11.7. The van der Waals surface area contributed by atoms with E-state index in [-0.39, 0.29) is 43.3 Å². The van der Waals surface area contributed by atoms with Crippen LogP contribution in [0, 0.1) is 18.3 Å². The largest absolute Gasteiger partial charge is 0.391 e. The van der Waals surface area contributed by atoms with Crippen LogP contribution in [0.25, 0.3) is 38.2 Å². The molecule has 5 atom stereocenters. The van der Waals surface area contributed by atoms with Gasteiger partial charge < -0.3 is 30.1 Å². The van der Waals surface area contributed by atoms with Crippen LogP contribution in [0.1, 0.15) is 140 Å². The maximum atomic E-state index is 14.8. The smallest absolute Gasteiger partial charge is 0.283 e. The Bertz CT molecular complexity index is 3060. The third kappa shape index (κ3) is 10.1. The maximum Gasteiger partial charge on any atom is 0.283 e. The monoisotopic (exact) mass is 1060 g/mol. The number of aromatic nitrogens is 4. The summed E-state index contributed by atoms with van der Waals surface area (Å²) >= 11 is 5.21. The number of amides is 3. The first-order chi connectivity index (χ1) is 34.5. The number of fused-ring (bicyclic) bond motifs is 5. The SMILES string of the molecule is Cc1ncsc1-c1ccc(C(CCC(C)CCN2CCC(c3ccc4c(c3)n(C3CCCC3)c3nc(=O)c5c(Br)cccc5n43)CC2)NC(=O)C2CC(O)CN2C(=O)C(NC(=O)C2(F)CC2)C(C)(C)C)cc1. The molecule has 2 aliphatic carbocycles. The van der Waals surface area contributed by atoms with E-state index < -0.39 is 41.1 Å². The second kappa shape index (κ2) is 20.4. The van der Waals surface area contributed by atoms with E-state index in [1.54, 1.807) is 32.1 Å². The van der Waals surface area contributed by atoms with Crippen LogP contribution in [0.5, 0.6) is 0 Å². The van der Waals surface area contributed by atoms with Crippen LogP contribution in [0.4, 0.5) is 4.39 Å². The minimum Gasteiger partial charge on any atom is -0.391 e. The Kier molecular flexibility index (Phi) is 14.3. The van der Waals surface area contributed by atoms with Crippen LogP contribution >= 0.6 is 27.3 Å². The molecule has 3 aromatic heterocycles. The van der Waals surface area contributed by atoms with Crippen LogP contribution in [0.2, 0.25) is 0 Å². The highest BCUT2D eigenvalue weighted by Crippen LogP contribution is 2.42. The molecule has 5 heterocycles. The Hall–Kier alpha value is -5.03. The normalized spacial score (nSPS) is 21.1. The number of likely N-dealkylation sites (tertiary alicyclic amines) is 2. The molecule has 4 fully saturated rings. The molecular weight excluding hydrogens is 996 g/mol. The number of carbonyl (C=O) groups excluding carboxylic acids is 3. The van der Waals surface area contributed by atoms with Gasteiger partial charge in [0, 0.05) is 23.5 Å². The predicted octanol–water partition coefficient (Wildman–Crippen LogP) is 9.95. The lowest BCUT2D eigenvalue weighted by Gasteiger charge is -2.36. The molecule has 5 unspecified atom stereocenters. The minimum absolute atomic E-state index is 0.0553. The van der Waals surface area contributed by atoms with E-state index in [4.69, 9.17) is 4.98 Å². The third-order valence-corrected chi connectivity index (χ3v) is 17.8. The third-order valence-electron chi connectivity index (χ3n) is 16.2. The number of β-amino-alcohol motifs (C(OH)–C–C–N with tert-alkyl or cyclic N) is 1. The molecule has 3 N–H and O–H groups in total. The molecule has 0 bridgehead atoms. The summed E-state index contributed by atoms with van der Waals surface area (Å²) in [5.41, 5.74) is 6.32. The zero-order valence-electron chi connectivity index (χ0n) is 42.1. The summed E-state index contributed by atoms with van der Waals surface area (Å²) in [6.45, 7) is 12.6. The number of rotatable bonds is 15. The van der Waals surface area contributed by atoms with E-state index in [0.29, 0.717) is 29.7 Å². The number of halogens is 2. The molecule has 3 amide bonds. The number of alkyl halides is 1. The topological polar surface area (TPSA) is 154 Å². The van der Waals surface area contributed by atoms with E-state index in [9.17, 15) is 28.7 Å². The molecule has 13 nitrogen and oxygen atoms in total. The standard InChI is InChI=1S/C56H68BrFN8O5S/c1-33(21-26-63-27-22-35(23-28-63)38-18-20-43-45(29-38)65(39-9-6-7-10-39)54-62-51(69)47-41(57)11-8-12-44(47)66(43)54)13-19-42(36-14-16-37(17-15-36)48-34(2)59-32-72-48)60-50(68)46-30-40(67)31-64(46)52(70)49(55(3,4)5)61-53(71)56(58)24-25-56/h8,11-12,14-18,20,29,32-33,35,39-40,42,46,49,67H,6-7,9-10,13,19,21-28,30-31H2,1-5H3,(H,60,68)(H,61,71). The number of carbonyl (C=O) groups is 3. The van der Waals surface area contributed by atoms with Gasteiger partial charge in [-0.15, -0.1) is 11.3 Å². The molecular formula is C56H68BrFN8O5S. The van der Waals surface area contributed by atoms with Crippen LogP contribution in [-0.2, 0) is 14.4 Å². The summed E-state index contributed by atoms with van der Waals surface area (Å²) in [5, 5.41) is 17.5. The summed E-state index contributed by atoms with van der Waals surface area (Å²) in [6, 6.07) is 19.0. The molecule has 0 radical (unpaired) electrons. The van der Waals surface area contributed by atoms with Crippen molar-refractivity contribution in [1.82, 2.24) is 39.4 Å². The Morgan fingerprint density at radius 2 is 1.68 bits per heavy atom. The lowest BCUT2D eigenvalue weighted by molar-refractivity contribution is -0.145. The Morgan fingerprint density at radius 3 is 2.36 bits per heavy atom. The van der Waals surface area contributed by atoms with Gasteiger partial charge in [0.2, 0.25) is 17.6 Å². The van der Waals surface area contributed by atoms with Gasteiger partial charge in [-0.2, -0.15) is 4.98 Å². The molecule has 6 aromatic rings. The number of imidazole rings is 1. The lowest BCUT2D eigenvalue weighted by Crippen LogP contribution is -2.59. The second-order valence-electron chi connectivity index (χ2n) is 22.4. The molecule has 3 aromatic carbocycles. The van der Waals surface area contributed by atoms with Crippen LogP contribution < -0.4 is 16.2 Å². The number of hydrogen-bond acceptors (Lipinski definition) is 9. The molecule has 382 valence electrons. The molecule has 2 aliphatic heterocycles. The van der Waals surface area contributed by atoms with Gasteiger partial charge in [-0.3, -0.25) is 23.6 Å². The Morgan fingerprint density at radius 1 is 0.944 bits per heavy atom. The van der Waals surface area contributed by atoms with Crippen molar-refractivity contribution in [3.63, 3.8) is 0 Å². The molecule has 72 heavy (non-hydrogen) atoms. The van der Waals surface area contributed by atoms with Gasteiger partial charge in [0.15, 0.2) is 5.67 Å². The summed E-state index contributed by atoms with van der Waals surface area (Å²) in [4.78, 5) is 69.2. The summed E-state index contributed by atoms with van der Waals surface area (Å²) in [5.74, 6) is -0.136. The zero-order valence-corrected chi connectivity index (χ0v) is 44.5. The summed E-state index contributed by atoms with van der Waals surface area (Å²) < 4.78 is 20.1. The number of hydrogen-bond donors (Lipinski definition) is 3. The number of aliphatic hydroxyl groups is 1. The molecule has 2 saturated heterocycles. The number of nitrogens with zero attached hydrogens (tertiary/aromatic N) is 6. The Labute approximate surface area is 433 Å². The first-order valence-corrected chi connectivity index (χ1v) is 27.8. The van der Waals surface area contributed by atoms with Crippen molar-refractivity contribution >= 4 is 72.7 Å². The Balaban J connectivity index is 0.801. The van der Waals surface area contributed by atoms with Crippen molar-refractivity contribution in [1.29, 1.82) is 0 Å². The van der Waals surface area contributed by atoms with E-state index >= 15 is 0 Å². The van der Waals surface area contributed by atoms with Crippen molar-refractivity contribution < 1.29 is 23.9 Å². The lowest BCUT2D eigenvalue weighted by atomic mass is 9.85. The first-order valence-electron chi connectivity index (χ1n) is 26.1. The van der Waals surface area contributed by atoms with E-state index in [1.807, 2.05) is 30.6 Å². The predicted molar refractivity (Wildman–Crippen MR) is 285 cm³/mol. The summed E-state index contributed by atoms with van der Waals surface area (Å²) in [6.07, 6.45) is 8.58. The molecule has 2 saturated carbocycles. The van der Waals surface area contributed by atoms with Crippen LogP contribution in [-0.4, -0.2) is 102 Å². The van der Waals surface area contributed by atoms with Gasteiger partial charge >= 0.3 is 0 Å². The zero-order chi connectivity index (χ0) is 50.6. The highest BCUT2D eigenvalue weighted by atomic mass is 79.9. The number of nitrogens with one attached hydrogen (secondary N) is 2. The first kappa shape index (κ1) is 50.5. The van der Waals surface area contributed by atoms with Gasteiger partial charge in [0.05, 0.1) is 50.2 Å². The second-order valence-corrected chi connectivity index (χ2v) is 24.1. The van der Waals surface area contributed by atoms with Crippen LogP contribution in [0.3, 0.4) is 0 Å². The van der Waals surface area contributed by atoms with Crippen molar-refractivity contribution in [2.24, 2.45) is 11.3 Å². The number of aryl methyl sites for hydroxylation is 1. The van der Waals surface area contributed by atoms with Gasteiger partial charge in [0.25, 0.3) is 11.5 Å². The van der Waals surface area contributed by atoms with Gasteiger partial charge in [-0.25, -0.2) is 9.37 Å². The van der Waals surface area contributed by atoms with E-state index in [1.165, 1.54) is 23.3 Å². The quantitative estimate of drug-likeness (QED) is 0.0919. The molecule has 10 rings (SSSR count). The highest BCUT2D eigenvalue weighted by molar-refractivity contribution is 9.10. The van der Waals surface area contributed by atoms with E-state index in [0.717, 1.165) is 107 Å². The van der Waals surface area contributed by atoms with Gasteiger partial charge in [-0.1, -0.05) is 76.9 Å². The average Bonchev–Trinajstić information content (AvgIpc) is 3.81. The highest BCUT2D eigenvalue weighted by Gasteiger charge is 2.53. The van der Waals surface area contributed by atoms with Crippen molar-refractivity contribution in [2.75, 3.05) is 26.2 Å². The maximum absolute atomic E-state index is 14.8. The minimum atomic E-state index is -1.96. The van der Waals surface area contributed by atoms with Crippen LogP contribution in [0.15, 0.2) is 75.4 Å². The van der Waals surface area contributed by atoms with Crippen molar-refractivity contribution in [3.8, 4) is 10.4 Å². The molecule has 4 aliphatic rings. The number of aliphatic hydroxyl groups excluding tert-OH is 1. The van der Waals surface area contributed by atoms with Gasteiger partial charge in [-0.05, 0) is 158 Å².